The van der Waals surface area contributed by atoms with Gasteiger partial charge in [-0.1, -0.05) is 50.3 Å². The van der Waals surface area contributed by atoms with Gasteiger partial charge in [-0.25, -0.2) is 14.4 Å². The molecule has 2 aliphatic rings. The summed E-state index contributed by atoms with van der Waals surface area (Å²) in [6, 6.07) is 13.1. The molecule has 8 nitrogen and oxygen atoms in total. The highest BCUT2D eigenvalue weighted by Crippen LogP contribution is 2.25. The van der Waals surface area contributed by atoms with Gasteiger partial charge < -0.3 is 19.3 Å². The van der Waals surface area contributed by atoms with Crippen LogP contribution < -0.4 is 4.74 Å². The molecule has 0 heterocycles. The number of rotatable bonds is 7. The third-order valence-corrected chi connectivity index (χ3v) is 7.09. The van der Waals surface area contributed by atoms with Crippen LogP contribution in [-0.2, 0) is 19.1 Å². The Kier molecular flexibility index (Phi) is 15.3. The second kappa shape index (κ2) is 18.6. The molecule has 2 aromatic carbocycles. The molecule has 0 spiro atoms. The van der Waals surface area contributed by atoms with Gasteiger partial charge in [-0.05, 0) is 101 Å². The van der Waals surface area contributed by atoms with Crippen LogP contribution in [0.2, 0.25) is 0 Å². The number of ether oxygens (including phenoxy) is 3. The summed E-state index contributed by atoms with van der Waals surface area (Å²) >= 11 is 4.87. The highest BCUT2D eigenvalue weighted by Gasteiger charge is 2.22. The molecule has 0 amide bonds. The topological polar surface area (TPSA) is 116 Å². The van der Waals surface area contributed by atoms with Gasteiger partial charge in [-0.3, -0.25) is 4.79 Å². The van der Waals surface area contributed by atoms with Crippen molar-refractivity contribution in [3.63, 3.8) is 0 Å². The van der Waals surface area contributed by atoms with Crippen molar-refractivity contribution < 1.29 is 38.5 Å². The smallest absolute Gasteiger partial charge is 0.342 e. The highest BCUT2D eigenvalue weighted by molar-refractivity contribution is 6.67. The first-order chi connectivity index (χ1) is 20.5. The van der Waals surface area contributed by atoms with Gasteiger partial charge in [0.1, 0.15) is 34.8 Å². The summed E-state index contributed by atoms with van der Waals surface area (Å²) in [4.78, 5) is 45.4. The number of phenols is 1. The zero-order valence-corrected chi connectivity index (χ0v) is 25.7. The molecule has 2 fully saturated rings. The minimum atomic E-state index is -0.548. The number of benzene rings is 2. The van der Waals surface area contributed by atoms with Crippen LogP contribution in [0.3, 0.4) is 0 Å². The lowest BCUT2D eigenvalue weighted by molar-refractivity contribution is -0.130. The molecular formula is C34H41ClO8. The molecule has 0 saturated heterocycles. The first-order valence-electron chi connectivity index (χ1n) is 14.5. The normalized spacial score (nSPS) is 14.9. The zero-order chi connectivity index (χ0) is 31.8. The molecule has 2 aromatic rings. The first kappa shape index (κ1) is 35.3. The number of phenolic OH excluding ortho intramolecular Hbond substituents is 1. The maximum Gasteiger partial charge on any atom is 0.342 e. The van der Waals surface area contributed by atoms with Crippen LogP contribution in [0.4, 0.5) is 0 Å². The summed E-state index contributed by atoms with van der Waals surface area (Å²) in [5, 5.41) is 9.05. The standard InChI is InChI=1S/C17H20O4.C13H16O3.C4H5ClO/c1-12(2)16(18)21-15-11-7-6-10-14(15)17(19)20-13-8-4-3-5-9-13;14-12-9-5-4-8-11(12)13(15)16-10-6-2-1-3-7-10;1-3(2)4(5)6/h6-7,10-11,13H,1,3-5,8-9H2,2H3;4-5,8-10,14H,1-3,6-7H2;1H2,2H3. The van der Waals surface area contributed by atoms with E-state index in [0.29, 0.717) is 5.57 Å². The number of hydrogen-bond acceptors (Lipinski definition) is 8. The molecule has 0 aromatic heterocycles. The third-order valence-electron chi connectivity index (χ3n) is 6.77. The van der Waals surface area contributed by atoms with E-state index in [4.69, 9.17) is 25.8 Å². The Morgan fingerprint density at radius 1 is 0.698 bits per heavy atom. The molecule has 232 valence electrons. The minimum absolute atomic E-state index is 0.0108. The Morgan fingerprint density at radius 3 is 1.56 bits per heavy atom. The van der Waals surface area contributed by atoms with Crippen molar-refractivity contribution in [3.05, 3.63) is 84.0 Å². The fourth-order valence-corrected chi connectivity index (χ4v) is 4.35. The van der Waals surface area contributed by atoms with Crippen molar-refractivity contribution in [2.45, 2.75) is 90.3 Å². The first-order valence-corrected chi connectivity index (χ1v) is 14.9. The van der Waals surface area contributed by atoms with Gasteiger partial charge in [-0.15, -0.1) is 0 Å². The van der Waals surface area contributed by atoms with Gasteiger partial charge in [0.15, 0.2) is 0 Å². The molecule has 43 heavy (non-hydrogen) atoms. The van der Waals surface area contributed by atoms with E-state index in [2.05, 4.69) is 13.2 Å². The van der Waals surface area contributed by atoms with Gasteiger partial charge in [-0.2, -0.15) is 0 Å². The lowest BCUT2D eigenvalue weighted by Gasteiger charge is -2.22. The van der Waals surface area contributed by atoms with Crippen molar-refractivity contribution in [2.24, 2.45) is 0 Å². The van der Waals surface area contributed by atoms with Gasteiger partial charge in [0, 0.05) is 11.1 Å². The van der Waals surface area contributed by atoms with Crippen molar-refractivity contribution in [1.82, 2.24) is 0 Å². The Balaban J connectivity index is 0.000000259. The molecule has 0 atom stereocenters. The molecule has 2 saturated carbocycles. The van der Waals surface area contributed by atoms with Crippen LogP contribution in [0.1, 0.15) is 98.8 Å². The minimum Gasteiger partial charge on any atom is -0.507 e. The van der Waals surface area contributed by atoms with E-state index in [-0.39, 0.29) is 40.4 Å². The Hall–Kier alpha value is -3.91. The second-order valence-electron chi connectivity index (χ2n) is 10.6. The number of carbonyl (C=O) groups is 4. The van der Waals surface area contributed by atoms with Gasteiger partial charge in [0.25, 0.3) is 0 Å². The van der Waals surface area contributed by atoms with E-state index >= 15 is 0 Å². The van der Waals surface area contributed by atoms with Crippen LogP contribution in [0.5, 0.6) is 11.5 Å². The van der Waals surface area contributed by atoms with Crippen molar-refractivity contribution in [1.29, 1.82) is 0 Å². The zero-order valence-electron chi connectivity index (χ0n) is 24.9. The van der Waals surface area contributed by atoms with E-state index in [9.17, 15) is 24.3 Å². The number of para-hydroxylation sites is 2. The van der Waals surface area contributed by atoms with Crippen LogP contribution in [-0.4, -0.2) is 40.5 Å². The predicted octanol–water partition coefficient (Wildman–Crippen LogP) is 7.87. The summed E-state index contributed by atoms with van der Waals surface area (Å²) < 4.78 is 16.0. The number of carbonyl (C=O) groups excluding carboxylic acids is 4. The summed E-state index contributed by atoms with van der Waals surface area (Å²) in [5.74, 6) is -1.19. The predicted molar refractivity (Wildman–Crippen MR) is 165 cm³/mol. The average Bonchev–Trinajstić information content (AvgIpc) is 2.99. The van der Waals surface area contributed by atoms with E-state index in [1.165, 1.54) is 18.9 Å². The van der Waals surface area contributed by atoms with E-state index < -0.39 is 23.2 Å². The maximum atomic E-state index is 12.2. The molecular weight excluding hydrogens is 572 g/mol. The molecule has 0 bridgehead atoms. The number of hydrogen-bond donors (Lipinski definition) is 1. The monoisotopic (exact) mass is 612 g/mol. The fraction of sp³-hybridized carbons (Fsp3) is 0.412. The van der Waals surface area contributed by atoms with Crippen molar-refractivity contribution >= 4 is 34.8 Å². The summed E-state index contributed by atoms with van der Waals surface area (Å²) in [7, 11) is 0. The number of allylic oxidation sites excluding steroid dienone is 1. The molecule has 1 N–H and O–H groups in total. The number of esters is 3. The second-order valence-corrected chi connectivity index (χ2v) is 10.9. The molecule has 2 aliphatic carbocycles. The third kappa shape index (κ3) is 12.9. The van der Waals surface area contributed by atoms with E-state index in [1.807, 2.05) is 0 Å². The van der Waals surface area contributed by atoms with Gasteiger partial charge >= 0.3 is 17.9 Å². The largest absolute Gasteiger partial charge is 0.507 e. The summed E-state index contributed by atoms with van der Waals surface area (Å²) in [5.41, 5.74) is 1.20. The van der Waals surface area contributed by atoms with E-state index in [0.717, 1.165) is 51.4 Å². The average molecular weight is 613 g/mol. The molecule has 0 radical (unpaired) electrons. The molecule has 0 unspecified atom stereocenters. The Bertz CT molecular complexity index is 1260. The SMILES string of the molecule is C=C(C)C(=O)Cl.C=C(C)C(=O)Oc1ccccc1C(=O)OC1CCCCC1.O=C(OC1CCCCC1)c1ccccc1O. The Morgan fingerprint density at radius 2 is 1.12 bits per heavy atom. The van der Waals surface area contributed by atoms with Crippen LogP contribution >= 0.6 is 11.6 Å². The summed E-state index contributed by atoms with van der Waals surface area (Å²) in [6.45, 7) is 9.93. The van der Waals surface area contributed by atoms with Crippen molar-refractivity contribution in [2.75, 3.05) is 0 Å². The summed E-state index contributed by atoms with van der Waals surface area (Å²) in [6.07, 6.45) is 10.5. The molecule has 4 rings (SSSR count). The Labute approximate surface area is 258 Å². The van der Waals surface area contributed by atoms with Crippen molar-refractivity contribution in [3.8, 4) is 11.5 Å². The number of halogens is 1. The van der Waals surface area contributed by atoms with Crippen LogP contribution in [0, 0.1) is 0 Å². The fourth-order valence-electron chi connectivity index (χ4n) is 4.35. The van der Waals surface area contributed by atoms with Gasteiger partial charge in [0.2, 0.25) is 5.24 Å². The van der Waals surface area contributed by atoms with Crippen LogP contribution in [0.25, 0.3) is 0 Å². The lowest BCUT2D eigenvalue weighted by atomic mass is 9.98. The lowest BCUT2D eigenvalue weighted by Crippen LogP contribution is -2.21. The molecule has 0 aliphatic heterocycles. The maximum absolute atomic E-state index is 12.2. The van der Waals surface area contributed by atoms with Gasteiger partial charge in [0.05, 0.1) is 0 Å². The quantitative estimate of drug-likeness (QED) is 0.145. The highest BCUT2D eigenvalue weighted by atomic mass is 35.5. The van der Waals surface area contributed by atoms with E-state index in [1.54, 1.807) is 56.3 Å². The number of aromatic hydroxyl groups is 1. The van der Waals surface area contributed by atoms with Crippen LogP contribution in [0.15, 0.2) is 72.8 Å². The molecule has 9 heteroatoms.